The van der Waals surface area contributed by atoms with Crippen LogP contribution in [0.3, 0.4) is 0 Å². The summed E-state index contributed by atoms with van der Waals surface area (Å²) in [6, 6.07) is 18.2. The van der Waals surface area contributed by atoms with Gasteiger partial charge in [0.1, 0.15) is 18.3 Å². The van der Waals surface area contributed by atoms with Crippen molar-refractivity contribution in [3.05, 3.63) is 88.4 Å². The Morgan fingerprint density at radius 1 is 0.902 bits per heavy atom. The van der Waals surface area contributed by atoms with Crippen LogP contribution in [0.4, 0.5) is 5.69 Å². The molecule has 3 rings (SSSR count). The van der Waals surface area contributed by atoms with Gasteiger partial charge in [0.05, 0.1) is 17.2 Å². The lowest BCUT2D eigenvalue weighted by molar-refractivity contribution is -0.139. The van der Waals surface area contributed by atoms with E-state index >= 15 is 0 Å². The molecule has 3 aromatic carbocycles. The fraction of sp³-hybridized carbons (Fsp3) is 0.333. The van der Waals surface area contributed by atoms with Gasteiger partial charge in [-0.1, -0.05) is 48.7 Å². The summed E-state index contributed by atoms with van der Waals surface area (Å²) in [7, 11) is -4.20. The van der Waals surface area contributed by atoms with Crippen molar-refractivity contribution >= 4 is 50.7 Å². The number of carbonyl (C=O) groups excluding carboxylic acids is 2. The zero-order valence-corrected chi connectivity index (χ0v) is 25.7. The van der Waals surface area contributed by atoms with Crippen molar-refractivity contribution in [2.24, 2.45) is 0 Å². The van der Waals surface area contributed by atoms with E-state index in [1.54, 1.807) is 55.5 Å². The van der Waals surface area contributed by atoms with Crippen LogP contribution in [0.1, 0.15) is 39.2 Å². The average Bonchev–Trinajstić information content (AvgIpc) is 2.96. The Morgan fingerprint density at radius 3 is 2.05 bits per heavy atom. The summed E-state index contributed by atoms with van der Waals surface area (Å²) >= 11 is 12.0. The maximum atomic E-state index is 13.9. The maximum Gasteiger partial charge on any atom is 0.264 e. The number of ether oxygens (including phenoxy) is 1. The second-order valence-corrected chi connectivity index (χ2v) is 12.1. The van der Waals surface area contributed by atoms with Crippen molar-refractivity contribution in [2.45, 2.75) is 51.1 Å². The summed E-state index contributed by atoms with van der Waals surface area (Å²) in [6.07, 6.45) is 1.70. The van der Waals surface area contributed by atoms with Crippen LogP contribution in [-0.4, -0.2) is 50.9 Å². The maximum absolute atomic E-state index is 13.9. The van der Waals surface area contributed by atoms with Crippen LogP contribution >= 0.6 is 23.2 Å². The van der Waals surface area contributed by atoms with Gasteiger partial charge in [0, 0.05) is 23.1 Å². The molecular weight excluding hydrogens is 585 g/mol. The highest BCUT2D eigenvalue weighted by Crippen LogP contribution is 2.27. The van der Waals surface area contributed by atoms with Crippen molar-refractivity contribution in [3.8, 4) is 5.75 Å². The van der Waals surface area contributed by atoms with Crippen molar-refractivity contribution < 1.29 is 22.7 Å². The van der Waals surface area contributed by atoms with Crippen LogP contribution in [0.25, 0.3) is 0 Å². The number of carbonyl (C=O) groups is 2. The number of benzene rings is 3. The average molecular weight is 621 g/mol. The molecular formula is C30H35Cl2N3O5S. The van der Waals surface area contributed by atoms with Crippen LogP contribution in [0.15, 0.2) is 77.7 Å². The molecule has 0 aliphatic carbocycles. The van der Waals surface area contributed by atoms with Gasteiger partial charge in [0.2, 0.25) is 11.8 Å². The molecule has 220 valence electrons. The highest BCUT2D eigenvalue weighted by molar-refractivity contribution is 7.92. The molecule has 0 heterocycles. The molecule has 41 heavy (non-hydrogen) atoms. The number of anilines is 1. The molecule has 0 bridgehead atoms. The summed E-state index contributed by atoms with van der Waals surface area (Å²) in [5.74, 6) is -0.313. The molecule has 8 nitrogen and oxygen atoms in total. The van der Waals surface area contributed by atoms with Crippen LogP contribution in [0, 0.1) is 0 Å². The molecule has 11 heteroatoms. The largest absolute Gasteiger partial charge is 0.494 e. The van der Waals surface area contributed by atoms with Gasteiger partial charge >= 0.3 is 0 Å². The zero-order chi connectivity index (χ0) is 30.0. The lowest BCUT2D eigenvalue weighted by Crippen LogP contribution is -2.51. The van der Waals surface area contributed by atoms with Crippen molar-refractivity contribution in [2.75, 3.05) is 24.0 Å². The predicted molar refractivity (Wildman–Crippen MR) is 163 cm³/mol. The van der Waals surface area contributed by atoms with Gasteiger partial charge in [-0.25, -0.2) is 8.42 Å². The Hall–Kier alpha value is -3.27. The molecule has 0 saturated carbocycles. The second kappa shape index (κ2) is 15.1. The third kappa shape index (κ3) is 8.86. The van der Waals surface area contributed by atoms with Gasteiger partial charge in [-0.05, 0) is 86.5 Å². The van der Waals surface area contributed by atoms with Gasteiger partial charge in [0.25, 0.3) is 10.0 Å². The van der Waals surface area contributed by atoms with Gasteiger partial charge in [-0.3, -0.25) is 13.9 Å². The normalized spacial score (nSPS) is 11.9. The molecule has 3 aromatic rings. The summed E-state index contributed by atoms with van der Waals surface area (Å²) < 4.78 is 34.3. The number of nitrogens with one attached hydrogen (secondary N) is 1. The second-order valence-electron chi connectivity index (χ2n) is 9.36. The topological polar surface area (TPSA) is 96.0 Å². The number of sulfonamides is 1. The number of halogens is 2. The summed E-state index contributed by atoms with van der Waals surface area (Å²) in [5.41, 5.74) is 1.01. The minimum Gasteiger partial charge on any atom is -0.494 e. The van der Waals surface area contributed by atoms with Crippen molar-refractivity contribution in [3.63, 3.8) is 0 Å². The van der Waals surface area contributed by atoms with Gasteiger partial charge < -0.3 is 15.0 Å². The zero-order valence-electron chi connectivity index (χ0n) is 23.3. The Bertz CT molecular complexity index is 1400. The van der Waals surface area contributed by atoms with E-state index in [4.69, 9.17) is 27.9 Å². The molecule has 0 aliphatic heterocycles. The third-order valence-corrected chi connectivity index (χ3v) is 8.67. The highest BCUT2D eigenvalue weighted by atomic mass is 35.5. The Morgan fingerprint density at radius 2 is 1.49 bits per heavy atom. The molecule has 1 N–H and O–H groups in total. The first-order valence-electron chi connectivity index (χ1n) is 13.4. The summed E-state index contributed by atoms with van der Waals surface area (Å²) in [4.78, 5) is 28.3. The monoisotopic (exact) mass is 619 g/mol. The molecule has 0 aromatic heterocycles. The molecule has 1 unspecified atom stereocenters. The Labute approximate surface area is 252 Å². The third-order valence-electron chi connectivity index (χ3n) is 6.38. The predicted octanol–water partition coefficient (Wildman–Crippen LogP) is 5.92. The van der Waals surface area contributed by atoms with E-state index in [9.17, 15) is 18.0 Å². The van der Waals surface area contributed by atoms with Gasteiger partial charge in [0.15, 0.2) is 0 Å². The SMILES string of the molecule is CCCCNC(=O)C(C)N(Cc1ccc(Cl)cc1)C(=O)CN(c1ccc(OCC)cc1)S(=O)(=O)c1ccc(Cl)cc1. The molecule has 0 spiro atoms. The van der Waals surface area contributed by atoms with E-state index in [1.807, 2.05) is 13.8 Å². The lowest BCUT2D eigenvalue weighted by Gasteiger charge is -2.32. The minimum atomic E-state index is -4.20. The lowest BCUT2D eigenvalue weighted by atomic mass is 10.1. The first-order valence-corrected chi connectivity index (χ1v) is 15.6. The van der Waals surface area contributed by atoms with Crippen LogP contribution < -0.4 is 14.4 Å². The first-order chi connectivity index (χ1) is 19.6. The number of rotatable bonds is 14. The fourth-order valence-corrected chi connectivity index (χ4v) is 5.71. The van der Waals surface area contributed by atoms with E-state index < -0.39 is 28.5 Å². The van der Waals surface area contributed by atoms with Crippen LogP contribution in [-0.2, 0) is 26.2 Å². The number of unbranched alkanes of at least 4 members (excludes halogenated alkanes) is 1. The Balaban J connectivity index is 2.00. The quantitative estimate of drug-likeness (QED) is 0.226. The van der Waals surface area contributed by atoms with Gasteiger partial charge in [-0.2, -0.15) is 0 Å². The van der Waals surface area contributed by atoms with Crippen molar-refractivity contribution in [1.29, 1.82) is 0 Å². The number of hydrogen-bond acceptors (Lipinski definition) is 5. The molecule has 0 aliphatic rings. The van der Waals surface area contributed by atoms with E-state index in [2.05, 4.69) is 5.32 Å². The first kappa shape index (κ1) is 32.2. The minimum absolute atomic E-state index is 0.0295. The fourth-order valence-electron chi connectivity index (χ4n) is 4.04. The number of nitrogens with zero attached hydrogens (tertiary/aromatic N) is 2. The number of amides is 2. The van der Waals surface area contributed by atoms with E-state index in [0.29, 0.717) is 28.9 Å². The van der Waals surface area contributed by atoms with Crippen LogP contribution in [0.5, 0.6) is 5.75 Å². The van der Waals surface area contributed by atoms with Gasteiger partial charge in [-0.15, -0.1) is 0 Å². The van der Waals surface area contributed by atoms with E-state index in [1.165, 1.54) is 29.2 Å². The molecule has 0 fully saturated rings. The number of hydrogen-bond donors (Lipinski definition) is 1. The van der Waals surface area contributed by atoms with Crippen LogP contribution in [0.2, 0.25) is 10.0 Å². The molecule has 0 radical (unpaired) electrons. The standard InChI is InChI=1S/C30H35Cl2N3O5S/c1-4-6-19-33-30(37)22(3)34(20-23-7-9-24(31)10-8-23)29(36)21-35(26-13-15-27(16-14-26)40-5-2)41(38,39)28-17-11-25(32)12-18-28/h7-18,22H,4-6,19-21H2,1-3H3,(H,33,37). The van der Waals surface area contributed by atoms with E-state index in [-0.39, 0.29) is 23.0 Å². The highest BCUT2D eigenvalue weighted by Gasteiger charge is 2.32. The smallest absolute Gasteiger partial charge is 0.264 e. The Kier molecular flexibility index (Phi) is 11.9. The molecule has 0 saturated heterocycles. The van der Waals surface area contributed by atoms with Crippen molar-refractivity contribution in [1.82, 2.24) is 10.2 Å². The molecule has 1 atom stereocenters. The van der Waals surface area contributed by atoms with E-state index in [0.717, 1.165) is 22.7 Å². The summed E-state index contributed by atoms with van der Waals surface area (Å²) in [6.45, 7) is 5.95. The molecule has 2 amide bonds. The summed E-state index contributed by atoms with van der Waals surface area (Å²) in [5, 5.41) is 3.78.